The first kappa shape index (κ1) is 32.0. The number of rotatable bonds is 11. The number of primary amides is 1. The maximum atomic E-state index is 13.5. The van der Waals surface area contributed by atoms with Crippen molar-refractivity contribution >= 4 is 23.4 Å². The maximum Gasteiger partial charge on any atom is 0.257 e. The van der Waals surface area contributed by atoms with E-state index in [1.165, 1.54) is 0 Å². The lowest BCUT2D eigenvalue weighted by molar-refractivity contribution is -0.121. The Balaban J connectivity index is 1.08. The number of methoxy groups -OCH3 is 1. The van der Waals surface area contributed by atoms with Gasteiger partial charge in [0.15, 0.2) is 0 Å². The number of nitrogens with two attached hydrogens (primary N) is 1. The minimum absolute atomic E-state index is 0.00575. The van der Waals surface area contributed by atoms with Gasteiger partial charge in [0.05, 0.1) is 18.6 Å². The number of nitrogens with zero attached hydrogens (tertiary/aromatic N) is 2. The number of halogens is 1. The van der Waals surface area contributed by atoms with Gasteiger partial charge >= 0.3 is 0 Å². The van der Waals surface area contributed by atoms with Gasteiger partial charge in [-0.3, -0.25) is 9.59 Å². The Morgan fingerprint density at radius 3 is 2.52 bits per heavy atom. The second kappa shape index (κ2) is 13.8. The number of carbonyl (C=O) groups excluding carboxylic acids is 2. The first-order valence-electron chi connectivity index (χ1n) is 15.7. The van der Waals surface area contributed by atoms with Crippen molar-refractivity contribution in [3.63, 3.8) is 0 Å². The molecule has 3 aromatic rings. The fourth-order valence-electron chi connectivity index (χ4n) is 6.49. The molecule has 3 aromatic carbocycles. The van der Waals surface area contributed by atoms with Gasteiger partial charge < -0.3 is 39.6 Å². The first-order chi connectivity index (χ1) is 22.2. The van der Waals surface area contributed by atoms with E-state index in [0.717, 1.165) is 60.0 Å². The van der Waals surface area contributed by atoms with Gasteiger partial charge in [-0.15, -0.1) is 0 Å². The standard InChI is InChI=1S/C35H40ClN3O7/c1-43-28-5-2-23(3-6-28)21-44-29-7-8-30(34(42)39-13-10-24(19-39)33(37)41)32(17-29)45-22-27(40)20-38-14-11-35(12-15-38)18-25-16-26(36)4-9-31(25)46-35/h2-9,16-17,24,27,40H,10-15,18-22H2,1H3,(H2,37,41)/t24?,27-/m1/s1. The van der Waals surface area contributed by atoms with Gasteiger partial charge in [-0.2, -0.15) is 0 Å². The molecule has 3 aliphatic heterocycles. The number of benzene rings is 3. The van der Waals surface area contributed by atoms with Gasteiger partial charge in [0, 0.05) is 63.1 Å². The van der Waals surface area contributed by atoms with Crippen LogP contribution in [0.3, 0.4) is 0 Å². The third-order valence-electron chi connectivity index (χ3n) is 9.15. The second-order valence-corrected chi connectivity index (χ2v) is 12.8. The smallest absolute Gasteiger partial charge is 0.257 e. The number of fused-ring (bicyclic) bond motifs is 1. The molecule has 1 spiro atoms. The van der Waals surface area contributed by atoms with Gasteiger partial charge in [-0.25, -0.2) is 0 Å². The van der Waals surface area contributed by atoms with E-state index >= 15 is 0 Å². The molecule has 244 valence electrons. The number of aliphatic hydroxyl groups excluding tert-OH is 1. The Labute approximate surface area is 273 Å². The van der Waals surface area contributed by atoms with E-state index in [0.29, 0.717) is 43.2 Å². The molecule has 2 amide bonds. The Bertz CT molecular complexity index is 1560. The monoisotopic (exact) mass is 649 g/mol. The number of amides is 2. The summed E-state index contributed by atoms with van der Waals surface area (Å²) in [5, 5.41) is 11.7. The van der Waals surface area contributed by atoms with E-state index in [2.05, 4.69) is 4.90 Å². The van der Waals surface area contributed by atoms with Crippen molar-refractivity contribution < 1.29 is 33.6 Å². The molecule has 0 saturated carbocycles. The van der Waals surface area contributed by atoms with Crippen LogP contribution in [0.25, 0.3) is 0 Å². The summed E-state index contributed by atoms with van der Waals surface area (Å²) in [5.41, 5.74) is 7.71. The van der Waals surface area contributed by atoms with Crippen LogP contribution < -0.4 is 24.7 Å². The Hall–Kier alpha value is -3.99. The molecule has 3 heterocycles. The van der Waals surface area contributed by atoms with Crippen LogP contribution in [0.15, 0.2) is 60.7 Å². The van der Waals surface area contributed by atoms with Crippen LogP contribution >= 0.6 is 11.6 Å². The normalized spacial score (nSPS) is 19.4. The average Bonchev–Trinajstić information content (AvgIpc) is 3.69. The Morgan fingerprint density at radius 2 is 1.80 bits per heavy atom. The number of piperidine rings is 1. The number of likely N-dealkylation sites (tertiary alicyclic amines) is 2. The highest BCUT2D eigenvalue weighted by atomic mass is 35.5. The summed E-state index contributed by atoms with van der Waals surface area (Å²) in [6.07, 6.45) is 2.28. The molecule has 2 fully saturated rings. The number of hydrogen-bond acceptors (Lipinski definition) is 8. The van der Waals surface area contributed by atoms with Gasteiger partial charge in [-0.05, 0) is 60.0 Å². The van der Waals surface area contributed by atoms with Crippen molar-refractivity contribution in [1.82, 2.24) is 9.80 Å². The summed E-state index contributed by atoms with van der Waals surface area (Å²) in [4.78, 5) is 29.1. The van der Waals surface area contributed by atoms with Crippen molar-refractivity contribution in [2.75, 3.05) is 46.4 Å². The van der Waals surface area contributed by atoms with E-state index in [9.17, 15) is 14.7 Å². The topological polar surface area (TPSA) is 124 Å². The third-order valence-corrected chi connectivity index (χ3v) is 9.39. The van der Waals surface area contributed by atoms with Crippen LogP contribution in [-0.2, 0) is 17.8 Å². The highest BCUT2D eigenvalue weighted by Gasteiger charge is 2.42. The SMILES string of the molecule is COc1ccc(COc2ccc(C(=O)N3CCC(C(N)=O)C3)c(OC[C@H](O)CN3CCC4(CC3)Cc3cc(Cl)ccc3O4)c2)cc1. The molecule has 6 rings (SSSR count). The van der Waals surface area contributed by atoms with E-state index in [1.807, 2.05) is 42.5 Å². The van der Waals surface area contributed by atoms with Crippen molar-refractivity contribution in [3.05, 3.63) is 82.4 Å². The van der Waals surface area contributed by atoms with E-state index in [4.69, 9.17) is 36.3 Å². The van der Waals surface area contributed by atoms with Crippen LogP contribution in [0.1, 0.15) is 40.7 Å². The average molecular weight is 650 g/mol. The first-order valence-corrected chi connectivity index (χ1v) is 16.1. The molecule has 46 heavy (non-hydrogen) atoms. The predicted octanol–water partition coefficient (Wildman–Crippen LogP) is 4.08. The zero-order valence-electron chi connectivity index (χ0n) is 26.0. The largest absolute Gasteiger partial charge is 0.497 e. The number of carbonyl (C=O) groups is 2. The zero-order chi connectivity index (χ0) is 32.3. The fourth-order valence-corrected chi connectivity index (χ4v) is 6.68. The van der Waals surface area contributed by atoms with Crippen molar-refractivity contribution in [3.8, 4) is 23.0 Å². The van der Waals surface area contributed by atoms with E-state index < -0.39 is 12.0 Å². The quantitative estimate of drug-likeness (QED) is 0.319. The molecule has 0 aromatic heterocycles. The zero-order valence-corrected chi connectivity index (χ0v) is 26.7. The van der Waals surface area contributed by atoms with Crippen molar-refractivity contribution in [1.29, 1.82) is 0 Å². The highest BCUT2D eigenvalue weighted by molar-refractivity contribution is 6.30. The summed E-state index contributed by atoms with van der Waals surface area (Å²) in [6.45, 7) is 3.00. The molecule has 2 saturated heterocycles. The molecule has 1 unspecified atom stereocenters. The molecule has 3 N–H and O–H groups in total. The molecule has 0 bridgehead atoms. The Morgan fingerprint density at radius 1 is 1.04 bits per heavy atom. The third kappa shape index (κ3) is 7.35. The summed E-state index contributed by atoms with van der Waals surface area (Å²) in [6, 6.07) is 18.4. The fraction of sp³-hybridized carbons (Fsp3) is 0.429. The molecule has 2 atom stereocenters. The van der Waals surface area contributed by atoms with Crippen LogP contribution in [0.4, 0.5) is 0 Å². The summed E-state index contributed by atoms with van der Waals surface area (Å²) < 4.78 is 23.7. The summed E-state index contributed by atoms with van der Waals surface area (Å²) in [5.74, 6) is 1.47. The number of hydrogen-bond donors (Lipinski definition) is 2. The predicted molar refractivity (Wildman–Crippen MR) is 173 cm³/mol. The lowest BCUT2D eigenvalue weighted by atomic mass is 9.87. The number of ether oxygens (including phenoxy) is 4. The van der Waals surface area contributed by atoms with Gasteiger partial charge in [0.2, 0.25) is 5.91 Å². The van der Waals surface area contributed by atoms with Crippen LogP contribution in [0, 0.1) is 5.92 Å². The highest BCUT2D eigenvalue weighted by Crippen LogP contribution is 2.42. The summed E-state index contributed by atoms with van der Waals surface area (Å²) in [7, 11) is 1.62. The molecule has 10 nitrogen and oxygen atoms in total. The minimum atomic E-state index is -0.785. The number of β-amino-alcohol motifs (C(OH)–C–C–N with tert-alkyl or cyclic N) is 1. The van der Waals surface area contributed by atoms with Crippen molar-refractivity contribution in [2.45, 2.75) is 44.0 Å². The second-order valence-electron chi connectivity index (χ2n) is 12.4. The molecule has 11 heteroatoms. The molecule has 0 aliphatic carbocycles. The molecular weight excluding hydrogens is 610 g/mol. The van der Waals surface area contributed by atoms with E-state index in [1.54, 1.807) is 30.2 Å². The van der Waals surface area contributed by atoms with E-state index in [-0.39, 0.29) is 30.6 Å². The maximum absolute atomic E-state index is 13.5. The van der Waals surface area contributed by atoms with Crippen LogP contribution in [0.2, 0.25) is 5.02 Å². The van der Waals surface area contributed by atoms with Gasteiger partial charge in [-0.1, -0.05) is 23.7 Å². The molecular formula is C35H40ClN3O7. The van der Waals surface area contributed by atoms with Gasteiger partial charge in [0.25, 0.3) is 5.91 Å². The number of aliphatic hydroxyl groups is 1. The van der Waals surface area contributed by atoms with Gasteiger partial charge in [0.1, 0.15) is 47.9 Å². The van der Waals surface area contributed by atoms with Crippen LogP contribution in [-0.4, -0.2) is 84.9 Å². The lowest BCUT2D eigenvalue weighted by Crippen LogP contribution is -2.49. The molecule has 0 radical (unpaired) electrons. The Kier molecular flexibility index (Phi) is 9.58. The minimum Gasteiger partial charge on any atom is -0.497 e. The summed E-state index contributed by atoms with van der Waals surface area (Å²) >= 11 is 6.19. The van der Waals surface area contributed by atoms with Crippen LogP contribution in [0.5, 0.6) is 23.0 Å². The molecule has 3 aliphatic rings. The lowest BCUT2D eigenvalue weighted by Gasteiger charge is -2.39. The van der Waals surface area contributed by atoms with Crippen molar-refractivity contribution in [2.24, 2.45) is 11.7 Å².